The third kappa shape index (κ3) is 10.4. The van der Waals surface area contributed by atoms with Crippen molar-refractivity contribution in [2.45, 2.75) is 134 Å². The molecule has 0 amide bonds. The van der Waals surface area contributed by atoms with Gasteiger partial charge in [-0.05, 0) is 207 Å². The molecule has 0 saturated carbocycles. The Bertz CT molecular complexity index is 2380. The third-order valence-corrected chi connectivity index (χ3v) is 16.7. The fourth-order valence-electron chi connectivity index (χ4n) is 8.40. The number of benzene rings is 6. The first-order valence-electron chi connectivity index (χ1n) is 23.1. The smallest absolute Gasteiger partial charge is 0.413 e. The lowest BCUT2D eigenvalue weighted by Crippen LogP contribution is -2.16. The number of rotatable bonds is 19. The molecule has 0 aliphatic rings. The van der Waals surface area contributed by atoms with Crippen LogP contribution in [0.5, 0.6) is 23.0 Å². The summed E-state index contributed by atoms with van der Waals surface area (Å²) in [6.07, 6.45) is 7.97. The first kappa shape index (κ1) is 48.4. The Labute approximate surface area is 383 Å². The van der Waals surface area contributed by atoms with Crippen molar-refractivity contribution in [3.8, 4) is 34.1 Å². The van der Waals surface area contributed by atoms with E-state index in [1.54, 1.807) is 0 Å². The average molecular weight is 899 g/mol. The highest BCUT2D eigenvalue weighted by atomic mass is 31.2. The molecule has 0 heterocycles. The van der Waals surface area contributed by atoms with Gasteiger partial charge < -0.3 is 18.1 Å². The molecule has 0 N–H and O–H groups in total. The first-order valence-corrected chi connectivity index (χ1v) is 26.2. The lowest BCUT2D eigenvalue weighted by molar-refractivity contribution is 0.395. The van der Waals surface area contributed by atoms with Gasteiger partial charge in [0.05, 0.1) is 10.6 Å². The first-order chi connectivity index (χ1) is 30.6. The highest BCUT2D eigenvalue weighted by Gasteiger charge is 2.35. The van der Waals surface area contributed by atoms with Crippen molar-refractivity contribution in [3.05, 3.63) is 164 Å². The number of hydrogen-bond donors (Lipinski definition) is 0. The Morgan fingerprint density at radius 1 is 0.312 bits per heavy atom. The summed E-state index contributed by atoms with van der Waals surface area (Å²) in [5.74, 6) is 2.15. The van der Waals surface area contributed by atoms with Crippen LogP contribution in [0.25, 0.3) is 11.1 Å². The molecule has 0 aliphatic carbocycles. The largest absolute Gasteiger partial charge is 0.462 e. The van der Waals surface area contributed by atoms with E-state index in [0.29, 0.717) is 33.6 Å². The molecule has 64 heavy (non-hydrogen) atoms. The fraction of sp³-hybridized carbons (Fsp3) is 0.357. The van der Waals surface area contributed by atoms with Gasteiger partial charge in [0.25, 0.3) is 0 Å². The highest BCUT2D eigenvalue weighted by Crippen LogP contribution is 2.52. The maximum Gasteiger partial charge on any atom is 0.462 e. The van der Waals surface area contributed by atoms with Gasteiger partial charge in [-0.3, -0.25) is 0 Å². The summed E-state index contributed by atoms with van der Waals surface area (Å²) in [6.45, 7) is 25.1. The Morgan fingerprint density at radius 3 is 0.734 bits per heavy atom. The monoisotopic (exact) mass is 898 g/mol. The van der Waals surface area contributed by atoms with E-state index in [9.17, 15) is 0 Å². The lowest BCUT2D eigenvalue weighted by atomic mass is 9.99. The van der Waals surface area contributed by atoms with Crippen molar-refractivity contribution in [1.29, 1.82) is 0 Å². The molecule has 0 spiro atoms. The Kier molecular flexibility index (Phi) is 15.8. The maximum absolute atomic E-state index is 15.3. The normalized spacial score (nSPS) is 11.8. The number of hydrogen-bond acceptors (Lipinski definition) is 6. The molecule has 6 aromatic rings. The van der Waals surface area contributed by atoms with E-state index >= 15 is 9.13 Å². The zero-order chi connectivity index (χ0) is 46.3. The second-order valence-electron chi connectivity index (χ2n) is 17.3. The Morgan fingerprint density at radius 2 is 0.531 bits per heavy atom. The van der Waals surface area contributed by atoms with Crippen LogP contribution in [0.15, 0.2) is 97.1 Å². The summed E-state index contributed by atoms with van der Waals surface area (Å²) >= 11 is 0. The zero-order valence-electron chi connectivity index (χ0n) is 40.2. The topological polar surface area (TPSA) is 71.1 Å². The van der Waals surface area contributed by atoms with Crippen LogP contribution in [0.4, 0.5) is 0 Å². The molecule has 8 heteroatoms. The quantitative estimate of drug-likeness (QED) is 0.0754. The van der Waals surface area contributed by atoms with Crippen molar-refractivity contribution in [2.24, 2.45) is 0 Å². The molecule has 0 saturated heterocycles. The van der Waals surface area contributed by atoms with E-state index in [1.807, 2.05) is 100 Å². The van der Waals surface area contributed by atoms with Gasteiger partial charge in [-0.25, -0.2) is 9.13 Å². The molecular formula is C56H68O6P2. The minimum Gasteiger partial charge on any atom is -0.413 e. The van der Waals surface area contributed by atoms with E-state index < -0.39 is 15.2 Å². The molecule has 0 fully saturated rings. The predicted octanol–water partition coefficient (Wildman–Crippen LogP) is 15.6. The summed E-state index contributed by atoms with van der Waals surface area (Å²) < 4.78 is 56.8. The molecule has 0 unspecified atom stereocenters. The van der Waals surface area contributed by atoms with Crippen LogP contribution >= 0.6 is 15.2 Å². The van der Waals surface area contributed by atoms with Crippen LogP contribution < -0.4 is 28.7 Å². The second kappa shape index (κ2) is 20.9. The molecule has 6 aromatic carbocycles. The summed E-state index contributed by atoms with van der Waals surface area (Å²) in [5.41, 5.74) is 15.1. The van der Waals surface area contributed by atoms with Crippen molar-refractivity contribution < 1.29 is 27.2 Å². The van der Waals surface area contributed by atoms with Gasteiger partial charge in [0.1, 0.15) is 23.0 Å². The summed E-state index contributed by atoms with van der Waals surface area (Å²) in [7, 11) is -7.96. The highest BCUT2D eigenvalue weighted by molar-refractivity contribution is 7.63. The third-order valence-electron chi connectivity index (χ3n) is 13.1. The molecule has 6 nitrogen and oxygen atoms in total. The van der Waals surface area contributed by atoms with Crippen LogP contribution in [0.3, 0.4) is 0 Å². The molecule has 0 aromatic heterocycles. The molecule has 0 bridgehead atoms. The van der Waals surface area contributed by atoms with E-state index in [-0.39, 0.29) is 0 Å². The van der Waals surface area contributed by atoms with E-state index in [2.05, 4.69) is 79.7 Å². The van der Waals surface area contributed by atoms with Gasteiger partial charge in [-0.15, -0.1) is 0 Å². The lowest BCUT2D eigenvalue weighted by Gasteiger charge is -2.24. The maximum atomic E-state index is 15.3. The van der Waals surface area contributed by atoms with Gasteiger partial charge in [0.2, 0.25) is 0 Å². The molecule has 338 valence electrons. The number of aryl methyl sites for hydroxylation is 4. The molecular weight excluding hydrogens is 831 g/mol. The van der Waals surface area contributed by atoms with Gasteiger partial charge in [0, 0.05) is 0 Å². The summed E-state index contributed by atoms with van der Waals surface area (Å²) in [4.78, 5) is 0. The summed E-state index contributed by atoms with van der Waals surface area (Å²) in [5, 5.41) is 0.879. The van der Waals surface area contributed by atoms with Gasteiger partial charge in [-0.2, -0.15) is 0 Å². The van der Waals surface area contributed by atoms with Crippen LogP contribution in [0, 0.1) is 55.4 Å². The van der Waals surface area contributed by atoms with Crippen LogP contribution in [0.2, 0.25) is 0 Å². The second-order valence-corrected chi connectivity index (χ2v) is 21.1. The van der Waals surface area contributed by atoms with Crippen molar-refractivity contribution in [1.82, 2.24) is 0 Å². The van der Waals surface area contributed by atoms with Gasteiger partial charge >= 0.3 is 15.2 Å². The minimum absolute atomic E-state index is 0.440. The van der Waals surface area contributed by atoms with Crippen molar-refractivity contribution in [3.63, 3.8) is 0 Å². The van der Waals surface area contributed by atoms with E-state index in [1.165, 1.54) is 22.3 Å². The minimum atomic E-state index is -3.98. The van der Waals surface area contributed by atoms with Gasteiger partial charge in [-0.1, -0.05) is 102 Å². The van der Waals surface area contributed by atoms with Crippen LogP contribution in [0.1, 0.15) is 120 Å². The zero-order valence-corrected chi connectivity index (χ0v) is 42.0. The van der Waals surface area contributed by atoms with E-state index in [0.717, 1.165) is 107 Å². The summed E-state index contributed by atoms with van der Waals surface area (Å²) in [6, 6.07) is 30.9. The van der Waals surface area contributed by atoms with Crippen LogP contribution in [-0.4, -0.2) is 0 Å². The molecule has 0 aliphatic heterocycles. The van der Waals surface area contributed by atoms with Crippen LogP contribution in [-0.2, 0) is 34.8 Å². The Hall–Kier alpha value is -5.02. The van der Waals surface area contributed by atoms with E-state index in [4.69, 9.17) is 18.1 Å². The average Bonchev–Trinajstić information content (AvgIpc) is 3.29. The Balaban J connectivity index is 1.36. The van der Waals surface area contributed by atoms with Crippen molar-refractivity contribution >= 4 is 25.8 Å². The van der Waals surface area contributed by atoms with Gasteiger partial charge in [0.15, 0.2) is 0 Å². The molecule has 0 radical (unpaired) electrons. The predicted molar refractivity (Wildman–Crippen MR) is 269 cm³/mol. The molecule has 6 rings (SSSR count). The fourth-order valence-corrected chi connectivity index (χ4v) is 11.8. The standard InChI is InChI=1S/C56H68O6P2/c1-13-17-45-25-33-53(41(9)37(45)5)59-63(57,60-54-34-26-46(18-14-2)38(6)42(54)10)51-29-21-49(22-30-51)50-23-31-52(32-24-50)64(58,61-55-35-27-47(19-15-3)39(7)43(55)11)62-56-36-28-48(20-16-4)40(8)44(56)12/h21-36H,13-20H2,1-12H3. The molecule has 0 atom stereocenters. The van der Waals surface area contributed by atoms with Crippen molar-refractivity contribution in [2.75, 3.05) is 0 Å². The SMILES string of the molecule is CCCc1ccc(OP(=O)(Oc2ccc(CCC)c(C)c2C)c2ccc(-c3ccc(P(=O)(Oc4ccc(CCC)c(C)c4C)Oc4ccc(CCC)c(C)c4C)cc3)cc2)c(C)c1C.